The maximum Gasteiger partial charge on any atom is 0.118 e. The summed E-state index contributed by atoms with van der Waals surface area (Å²) in [5, 5.41) is 5.05. The van der Waals surface area contributed by atoms with Crippen LogP contribution in [-0.4, -0.2) is 14.2 Å². The molecule has 2 atom stereocenters. The van der Waals surface area contributed by atoms with Gasteiger partial charge in [0.1, 0.15) is 11.5 Å². The van der Waals surface area contributed by atoms with Gasteiger partial charge in [0, 0.05) is 21.9 Å². The van der Waals surface area contributed by atoms with Crippen molar-refractivity contribution in [3.63, 3.8) is 0 Å². The van der Waals surface area contributed by atoms with Gasteiger partial charge in [-0.2, -0.15) is 0 Å². The number of methoxy groups -OCH3 is 2. The highest BCUT2D eigenvalue weighted by Crippen LogP contribution is 2.58. The van der Waals surface area contributed by atoms with Crippen LogP contribution in [0.15, 0.2) is 59.7 Å². The van der Waals surface area contributed by atoms with Crippen molar-refractivity contribution >= 4 is 34.1 Å². The van der Waals surface area contributed by atoms with E-state index in [9.17, 15) is 0 Å². The van der Waals surface area contributed by atoms with Crippen molar-refractivity contribution in [2.45, 2.75) is 0 Å². The van der Waals surface area contributed by atoms with E-state index in [4.69, 9.17) is 9.47 Å². The van der Waals surface area contributed by atoms with Gasteiger partial charge in [-0.3, -0.25) is 0 Å². The predicted molar refractivity (Wildman–Crippen MR) is 101 cm³/mol. The van der Waals surface area contributed by atoms with Crippen LogP contribution in [0.2, 0.25) is 0 Å². The average Bonchev–Trinajstić information content (AvgIpc) is 2.62. The smallest absolute Gasteiger partial charge is 0.118 e. The highest BCUT2D eigenvalue weighted by Gasteiger charge is 2.03. The van der Waals surface area contributed by atoms with Crippen molar-refractivity contribution in [1.29, 1.82) is 0 Å². The van der Waals surface area contributed by atoms with Crippen LogP contribution < -0.4 is 9.47 Å². The average molecular weight is 366 g/mol. The van der Waals surface area contributed by atoms with Crippen LogP contribution in [0, 0.1) is 0 Å². The minimum Gasteiger partial charge on any atom is -0.497 e. The quantitative estimate of drug-likeness (QED) is 0.500. The fourth-order valence-corrected chi connectivity index (χ4v) is 15.7. The fourth-order valence-electron chi connectivity index (χ4n) is 1.94. The molecule has 1 aromatic heterocycles. The largest absolute Gasteiger partial charge is 0.497 e. The highest BCUT2D eigenvalue weighted by atomic mass is 33.0. The Morgan fingerprint density at radius 2 is 1.32 bits per heavy atom. The first kappa shape index (κ1) is 15.7. The summed E-state index contributed by atoms with van der Waals surface area (Å²) in [6, 6.07) is 16.9. The second-order valence-corrected chi connectivity index (χ2v) is 14.3. The third-order valence-electron chi connectivity index (χ3n) is 3.13. The Bertz CT molecular complexity index is 699. The number of hydrogen-bond acceptors (Lipinski definition) is 4. The van der Waals surface area contributed by atoms with E-state index in [1.54, 1.807) is 14.2 Å². The number of benzene rings is 2. The monoisotopic (exact) mass is 366 g/mol. The molecule has 0 N–H and O–H groups in total. The lowest BCUT2D eigenvalue weighted by Gasteiger charge is -2.07. The summed E-state index contributed by atoms with van der Waals surface area (Å²) >= 11 is 0. The van der Waals surface area contributed by atoms with Crippen LogP contribution in [0.1, 0.15) is 0 Å². The molecule has 0 spiro atoms. The lowest BCUT2D eigenvalue weighted by Crippen LogP contribution is -1.80. The minimum absolute atomic E-state index is 0.270. The van der Waals surface area contributed by atoms with Crippen LogP contribution >= 0.6 is 34.1 Å². The third kappa shape index (κ3) is 3.59. The summed E-state index contributed by atoms with van der Waals surface area (Å²) in [5.74, 6) is 3.90. The van der Waals surface area contributed by atoms with Crippen LogP contribution in [0.25, 0.3) is 10.6 Å². The maximum absolute atomic E-state index is 5.24. The zero-order valence-corrected chi connectivity index (χ0v) is 15.7. The van der Waals surface area contributed by atoms with Crippen LogP contribution in [0.4, 0.5) is 0 Å². The summed E-state index contributed by atoms with van der Waals surface area (Å²) in [6.07, 6.45) is 0. The molecule has 0 saturated carbocycles. The SMILES string of the molecule is COc1ccc(-p2ccsp(-c3ccc(OC)cc3)s2)cc1. The van der Waals surface area contributed by atoms with Gasteiger partial charge in [-0.1, -0.05) is 10.5 Å². The zero-order valence-electron chi connectivity index (χ0n) is 12.3. The Balaban J connectivity index is 1.93. The molecule has 0 bridgehead atoms. The first-order valence-corrected chi connectivity index (χ1v) is 13.0. The molecule has 114 valence electrons. The molecule has 0 radical (unpaired) electrons. The van der Waals surface area contributed by atoms with Gasteiger partial charge >= 0.3 is 0 Å². The van der Waals surface area contributed by atoms with Gasteiger partial charge in [-0.25, -0.2) is 0 Å². The maximum atomic E-state index is 5.24. The molecule has 0 saturated heterocycles. The summed E-state index contributed by atoms with van der Waals surface area (Å²) < 4.78 is 10.5. The Morgan fingerprint density at radius 3 is 1.86 bits per heavy atom. The molecule has 2 unspecified atom stereocenters. The normalized spacial score (nSPS) is 11.9. The van der Waals surface area contributed by atoms with Gasteiger partial charge in [0.15, 0.2) is 0 Å². The molecule has 22 heavy (non-hydrogen) atoms. The molecule has 0 fully saturated rings. The molecule has 6 heteroatoms. The number of rotatable bonds is 4. The summed E-state index contributed by atoms with van der Waals surface area (Å²) in [7, 11) is 7.43. The van der Waals surface area contributed by atoms with Crippen molar-refractivity contribution in [3.05, 3.63) is 59.7 Å². The first-order chi connectivity index (χ1) is 10.8. The van der Waals surface area contributed by atoms with Crippen molar-refractivity contribution in [2.75, 3.05) is 14.2 Å². The van der Waals surface area contributed by atoms with E-state index >= 15 is 0 Å². The molecule has 0 amide bonds. The zero-order chi connectivity index (χ0) is 15.4. The summed E-state index contributed by atoms with van der Waals surface area (Å²) in [6.45, 7) is -0.301. The molecule has 2 nitrogen and oxygen atoms in total. The van der Waals surface area contributed by atoms with Gasteiger partial charge in [0.2, 0.25) is 0 Å². The lowest BCUT2D eigenvalue weighted by molar-refractivity contribution is 0.415. The second-order valence-electron chi connectivity index (χ2n) is 4.45. The first-order valence-electron chi connectivity index (χ1n) is 6.69. The molecule has 3 rings (SSSR count). The molecule has 1 heterocycles. The predicted octanol–water partition coefficient (Wildman–Crippen LogP) is 6.90. The Morgan fingerprint density at radius 1 is 0.773 bits per heavy atom. The molecular weight excluding hydrogens is 350 g/mol. The van der Waals surface area contributed by atoms with Crippen LogP contribution in [-0.2, 0) is 0 Å². The van der Waals surface area contributed by atoms with Crippen LogP contribution in [0.3, 0.4) is 0 Å². The summed E-state index contributed by atoms with van der Waals surface area (Å²) in [4.78, 5) is 0. The Labute approximate surface area is 139 Å². The third-order valence-corrected chi connectivity index (χ3v) is 15.7. The lowest BCUT2D eigenvalue weighted by atomic mass is 10.3. The fraction of sp³-hybridized carbons (Fsp3) is 0.125. The Kier molecular flexibility index (Phi) is 5.28. The second kappa shape index (κ2) is 7.39. The van der Waals surface area contributed by atoms with Gasteiger partial charge in [-0.05, 0) is 61.0 Å². The standard InChI is InChI=1S/C16H16O2P2S2/c1-17-13-3-7-15(8-4-13)19-11-12-21-20(22-19)16-9-5-14(18-2)6-10-16/h3-12H,1-2H3. The summed E-state index contributed by atoms with van der Waals surface area (Å²) in [5.41, 5.74) is 0. The van der Waals surface area contributed by atoms with E-state index in [1.165, 1.54) is 10.6 Å². The van der Waals surface area contributed by atoms with E-state index in [0.717, 1.165) is 11.5 Å². The van der Waals surface area contributed by atoms with Crippen molar-refractivity contribution in [3.8, 4) is 22.1 Å². The van der Waals surface area contributed by atoms with E-state index in [2.05, 4.69) is 46.0 Å². The Hall–Kier alpha value is -1.18. The number of ether oxygens (including phenoxy) is 2. The van der Waals surface area contributed by atoms with E-state index in [-0.39, 0.29) is 12.6 Å². The van der Waals surface area contributed by atoms with Gasteiger partial charge < -0.3 is 9.47 Å². The molecular formula is C16H16O2P2S2. The van der Waals surface area contributed by atoms with E-state index < -0.39 is 0 Å². The van der Waals surface area contributed by atoms with Gasteiger partial charge in [-0.15, -0.1) is 10.9 Å². The van der Waals surface area contributed by atoms with E-state index in [0.29, 0.717) is 0 Å². The van der Waals surface area contributed by atoms with Crippen molar-refractivity contribution in [1.82, 2.24) is 0 Å². The topological polar surface area (TPSA) is 18.5 Å². The van der Waals surface area contributed by atoms with E-state index in [1.807, 2.05) is 35.2 Å². The van der Waals surface area contributed by atoms with Crippen molar-refractivity contribution < 1.29 is 9.47 Å². The van der Waals surface area contributed by atoms with Gasteiger partial charge in [0.05, 0.1) is 14.2 Å². The molecule has 0 aliphatic heterocycles. The van der Waals surface area contributed by atoms with Crippen molar-refractivity contribution in [2.24, 2.45) is 0 Å². The molecule has 3 aromatic rings. The molecule has 0 aliphatic carbocycles. The van der Waals surface area contributed by atoms with Gasteiger partial charge in [0.25, 0.3) is 0 Å². The van der Waals surface area contributed by atoms with Crippen LogP contribution in [0.5, 0.6) is 11.5 Å². The number of hydrogen-bond donors (Lipinski definition) is 0. The molecule has 0 aliphatic rings. The minimum atomic E-state index is -0.301. The highest BCUT2D eigenvalue weighted by molar-refractivity contribution is 8.32. The molecule has 2 aromatic carbocycles.